The van der Waals surface area contributed by atoms with Crippen molar-refractivity contribution in [2.75, 3.05) is 18.6 Å². The van der Waals surface area contributed by atoms with Crippen LogP contribution in [0.3, 0.4) is 0 Å². The van der Waals surface area contributed by atoms with E-state index in [2.05, 4.69) is 4.98 Å². The summed E-state index contributed by atoms with van der Waals surface area (Å²) in [6, 6.07) is 10.8. The third kappa shape index (κ3) is 4.97. The molecule has 1 aromatic heterocycles. The number of methoxy groups -OCH3 is 1. The van der Waals surface area contributed by atoms with Gasteiger partial charge in [-0.05, 0) is 61.7 Å². The van der Waals surface area contributed by atoms with E-state index in [9.17, 15) is 19.5 Å². The summed E-state index contributed by atoms with van der Waals surface area (Å²) in [5.41, 5.74) is 1.88. The number of carbonyl (C=O) groups excluding carboxylic acids is 3. The Labute approximate surface area is 223 Å². The molecule has 0 bridgehead atoms. The SMILES string of the molecule is CCCOc1ccc(C(O)=C2C(=O)C(=O)N(c3nc(C)c(C(=O)OC)s3)[C@@H]2c2ccc(Cl)cc2)c(C)c1. The lowest BCUT2D eigenvalue weighted by Gasteiger charge is -2.23. The predicted molar refractivity (Wildman–Crippen MR) is 141 cm³/mol. The second-order valence-electron chi connectivity index (χ2n) is 8.45. The number of esters is 1. The number of ether oxygens (including phenoxy) is 2. The summed E-state index contributed by atoms with van der Waals surface area (Å²) < 4.78 is 10.5. The summed E-state index contributed by atoms with van der Waals surface area (Å²) in [5, 5.41) is 12.0. The van der Waals surface area contributed by atoms with E-state index in [1.807, 2.05) is 6.92 Å². The van der Waals surface area contributed by atoms with Crippen molar-refractivity contribution in [3.63, 3.8) is 0 Å². The quantitative estimate of drug-likeness (QED) is 0.179. The molecule has 1 atom stereocenters. The normalized spacial score (nSPS) is 16.8. The molecule has 0 unspecified atom stereocenters. The fraction of sp³-hybridized carbons (Fsp3) is 0.259. The molecule has 0 radical (unpaired) electrons. The van der Waals surface area contributed by atoms with Crippen LogP contribution in [0.4, 0.5) is 5.13 Å². The Morgan fingerprint density at radius 1 is 1.16 bits per heavy atom. The van der Waals surface area contributed by atoms with E-state index in [1.54, 1.807) is 56.3 Å². The van der Waals surface area contributed by atoms with Crippen molar-refractivity contribution in [1.29, 1.82) is 0 Å². The van der Waals surface area contributed by atoms with Crippen LogP contribution in [0.25, 0.3) is 5.76 Å². The Morgan fingerprint density at radius 3 is 2.49 bits per heavy atom. The van der Waals surface area contributed by atoms with E-state index >= 15 is 0 Å². The van der Waals surface area contributed by atoms with Gasteiger partial charge >= 0.3 is 11.9 Å². The molecule has 0 saturated carbocycles. The number of aryl methyl sites for hydroxylation is 2. The van der Waals surface area contributed by atoms with Crippen molar-refractivity contribution in [2.45, 2.75) is 33.2 Å². The van der Waals surface area contributed by atoms with Crippen LogP contribution in [0, 0.1) is 13.8 Å². The maximum Gasteiger partial charge on any atom is 0.350 e. The number of aliphatic hydroxyl groups excluding tert-OH is 1. The molecule has 1 fully saturated rings. The highest BCUT2D eigenvalue weighted by Crippen LogP contribution is 2.44. The highest BCUT2D eigenvalue weighted by molar-refractivity contribution is 7.17. The molecule has 1 amide bonds. The van der Waals surface area contributed by atoms with Gasteiger partial charge in [0.15, 0.2) is 5.13 Å². The Balaban J connectivity index is 1.89. The summed E-state index contributed by atoms with van der Waals surface area (Å²) in [6.07, 6.45) is 0.846. The van der Waals surface area contributed by atoms with Crippen LogP contribution in [-0.2, 0) is 14.3 Å². The van der Waals surface area contributed by atoms with E-state index < -0.39 is 23.7 Å². The van der Waals surface area contributed by atoms with Crippen molar-refractivity contribution in [3.8, 4) is 5.75 Å². The molecule has 2 aromatic carbocycles. The highest BCUT2D eigenvalue weighted by atomic mass is 35.5. The minimum absolute atomic E-state index is 0.0925. The smallest absolute Gasteiger partial charge is 0.350 e. The first-order valence-corrected chi connectivity index (χ1v) is 12.7. The molecule has 1 aliphatic heterocycles. The largest absolute Gasteiger partial charge is 0.507 e. The fourth-order valence-electron chi connectivity index (χ4n) is 4.11. The van der Waals surface area contributed by atoms with Crippen molar-refractivity contribution in [1.82, 2.24) is 4.98 Å². The first-order chi connectivity index (χ1) is 17.7. The zero-order valence-electron chi connectivity index (χ0n) is 20.7. The van der Waals surface area contributed by atoms with Crippen LogP contribution in [0.15, 0.2) is 48.0 Å². The maximum atomic E-state index is 13.4. The number of halogens is 1. The molecule has 1 aliphatic rings. The molecule has 10 heteroatoms. The van der Waals surface area contributed by atoms with Crippen LogP contribution in [0.5, 0.6) is 5.75 Å². The fourth-order valence-corrected chi connectivity index (χ4v) is 5.25. The van der Waals surface area contributed by atoms with Crippen LogP contribution in [0.2, 0.25) is 5.02 Å². The maximum absolute atomic E-state index is 13.4. The molecular formula is C27H25ClN2O6S. The molecular weight excluding hydrogens is 516 g/mol. The monoisotopic (exact) mass is 540 g/mol. The summed E-state index contributed by atoms with van der Waals surface area (Å²) in [6.45, 7) is 5.95. The lowest BCUT2D eigenvalue weighted by atomic mass is 9.94. The number of anilines is 1. The number of aliphatic hydroxyl groups is 1. The number of thiazole rings is 1. The van der Waals surface area contributed by atoms with Crippen LogP contribution < -0.4 is 9.64 Å². The number of nitrogens with zero attached hydrogens (tertiary/aromatic N) is 2. The van der Waals surface area contributed by atoms with Gasteiger partial charge in [-0.25, -0.2) is 9.78 Å². The van der Waals surface area contributed by atoms with E-state index in [0.29, 0.717) is 39.8 Å². The highest BCUT2D eigenvalue weighted by Gasteiger charge is 2.48. The Kier molecular flexibility index (Phi) is 7.65. The van der Waals surface area contributed by atoms with Gasteiger partial charge in [0.25, 0.3) is 5.78 Å². The van der Waals surface area contributed by atoms with E-state index in [1.165, 1.54) is 12.0 Å². The molecule has 1 N–H and O–H groups in total. The number of rotatable bonds is 7. The molecule has 0 aliphatic carbocycles. The van der Waals surface area contributed by atoms with Crippen molar-refractivity contribution in [3.05, 3.63) is 80.3 Å². The number of benzene rings is 2. The van der Waals surface area contributed by atoms with E-state index in [4.69, 9.17) is 21.1 Å². The first kappa shape index (κ1) is 26.4. The third-order valence-electron chi connectivity index (χ3n) is 5.92. The number of carbonyl (C=O) groups is 3. The minimum atomic E-state index is -0.997. The van der Waals surface area contributed by atoms with E-state index in [-0.39, 0.29) is 21.3 Å². The Bertz CT molecular complexity index is 1410. The molecule has 1 saturated heterocycles. The topological polar surface area (TPSA) is 106 Å². The van der Waals surface area contributed by atoms with Gasteiger partial charge in [-0.15, -0.1) is 0 Å². The van der Waals surface area contributed by atoms with Crippen LogP contribution >= 0.6 is 22.9 Å². The lowest BCUT2D eigenvalue weighted by Crippen LogP contribution is -2.29. The Hall–Kier alpha value is -3.69. The number of Topliss-reactive ketones (excluding diaryl/α,β-unsaturated/α-hetero) is 1. The molecule has 2 heterocycles. The number of ketones is 1. The summed E-state index contributed by atoms with van der Waals surface area (Å²) in [7, 11) is 1.25. The number of hydrogen-bond acceptors (Lipinski definition) is 8. The van der Waals surface area contributed by atoms with Gasteiger partial charge in [0.05, 0.1) is 31.0 Å². The van der Waals surface area contributed by atoms with Crippen molar-refractivity contribution in [2.24, 2.45) is 0 Å². The first-order valence-electron chi connectivity index (χ1n) is 11.5. The standard InChI is InChI=1S/C27H25ClN2O6S/c1-5-12-36-18-10-11-19(14(2)13-18)22(31)20-21(16-6-8-17(28)9-7-16)30(25(33)23(20)32)27-29-15(3)24(37-27)26(34)35-4/h6-11,13,21,31H,5,12H2,1-4H3/t21-/m1/s1. The van der Waals surface area contributed by atoms with Gasteiger partial charge in [0.1, 0.15) is 16.4 Å². The zero-order valence-corrected chi connectivity index (χ0v) is 22.3. The second-order valence-corrected chi connectivity index (χ2v) is 9.86. The van der Waals surface area contributed by atoms with Gasteiger partial charge in [0.2, 0.25) is 0 Å². The van der Waals surface area contributed by atoms with Crippen molar-refractivity contribution >= 4 is 51.5 Å². The average Bonchev–Trinajstić information content (AvgIpc) is 3.39. The van der Waals surface area contributed by atoms with Gasteiger partial charge in [-0.1, -0.05) is 42.0 Å². The number of amides is 1. The summed E-state index contributed by atoms with van der Waals surface area (Å²) in [5.74, 6) is -2.01. The number of aromatic nitrogens is 1. The molecule has 3 aromatic rings. The minimum Gasteiger partial charge on any atom is -0.507 e. The molecule has 0 spiro atoms. The van der Waals surface area contributed by atoms with Crippen LogP contribution in [-0.4, -0.2) is 41.5 Å². The molecule has 4 rings (SSSR count). The predicted octanol–water partition coefficient (Wildman–Crippen LogP) is 5.62. The van der Waals surface area contributed by atoms with Gasteiger partial charge in [0, 0.05) is 10.6 Å². The molecule has 192 valence electrons. The number of hydrogen-bond donors (Lipinski definition) is 1. The van der Waals surface area contributed by atoms with Gasteiger partial charge in [-0.3, -0.25) is 14.5 Å². The third-order valence-corrected chi connectivity index (χ3v) is 7.31. The van der Waals surface area contributed by atoms with E-state index in [0.717, 1.165) is 17.8 Å². The van der Waals surface area contributed by atoms with Gasteiger partial charge < -0.3 is 14.6 Å². The summed E-state index contributed by atoms with van der Waals surface area (Å²) in [4.78, 5) is 44.7. The zero-order chi connectivity index (χ0) is 26.9. The van der Waals surface area contributed by atoms with Crippen molar-refractivity contribution < 1.29 is 29.0 Å². The molecule has 8 nitrogen and oxygen atoms in total. The van der Waals surface area contributed by atoms with Gasteiger partial charge in [-0.2, -0.15) is 0 Å². The Morgan fingerprint density at radius 2 is 1.86 bits per heavy atom. The summed E-state index contributed by atoms with van der Waals surface area (Å²) >= 11 is 7.03. The molecule has 37 heavy (non-hydrogen) atoms. The second kappa shape index (κ2) is 10.7. The van der Waals surface area contributed by atoms with Crippen LogP contribution in [0.1, 0.15) is 51.4 Å². The lowest BCUT2D eigenvalue weighted by molar-refractivity contribution is -0.132. The average molecular weight is 541 g/mol.